The van der Waals surface area contributed by atoms with E-state index in [1.54, 1.807) is 0 Å². The second-order valence-electron chi connectivity index (χ2n) is 6.21. The van der Waals surface area contributed by atoms with Crippen LogP contribution < -0.4 is 10.4 Å². The standard InChI is InChI=1S/C21H20O4/c1-13(22)12-24-19-10-9-17-14(2)18(11-16-7-5-4-6-8-16)21(23)25-20(17)15(19)3/h4-10H,11-12H2,1-3H3. The first kappa shape index (κ1) is 17.0. The third kappa shape index (κ3) is 3.48. The normalized spacial score (nSPS) is 10.8. The molecule has 0 N–H and O–H groups in total. The van der Waals surface area contributed by atoms with Gasteiger partial charge < -0.3 is 9.15 Å². The van der Waals surface area contributed by atoms with Gasteiger partial charge in [-0.1, -0.05) is 30.3 Å². The lowest BCUT2D eigenvalue weighted by Crippen LogP contribution is -2.12. The number of benzene rings is 2. The highest BCUT2D eigenvalue weighted by Crippen LogP contribution is 2.30. The first-order chi connectivity index (χ1) is 12.0. The maximum atomic E-state index is 12.5. The third-order valence-electron chi connectivity index (χ3n) is 4.31. The van der Waals surface area contributed by atoms with Crippen molar-refractivity contribution in [2.75, 3.05) is 6.61 Å². The Balaban J connectivity index is 2.07. The molecule has 3 rings (SSSR count). The monoisotopic (exact) mass is 336 g/mol. The minimum absolute atomic E-state index is 0.00164. The van der Waals surface area contributed by atoms with Crippen molar-refractivity contribution in [1.29, 1.82) is 0 Å². The van der Waals surface area contributed by atoms with Gasteiger partial charge in [0.2, 0.25) is 0 Å². The van der Waals surface area contributed by atoms with E-state index >= 15 is 0 Å². The zero-order valence-electron chi connectivity index (χ0n) is 14.6. The Morgan fingerprint density at radius 1 is 1.04 bits per heavy atom. The fourth-order valence-corrected chi connectivity index (χ4v) is 2.91. The highest BCUT2D eigenvalue weighted by molar-refractivity contribution is 5.86. The van der Waals surface area contributed by atoms with Gasteiger partial charge in [0, 0.05) is 22.9 Å². The zero-order chi connectivity index (χ0) is 18.0. The molecule has 0 unspecified atom stereocenters. The van der Waals surface area contributed by atoms with Crippen molar-refractivity contribution in [3.8, 4) is 5.75 Å². The fourth-order valence-electron chi connectivity index (χ4n) is 2.91. The van der Waals surface area contributed by atoms with Crippen molar-refractivity contribution < 1.29 is 13.9 Å². The lowest BCUT2D eigenvalue weighted by atomic mass is 9.98. The van der Waals surface area contributed by atoms with Crippen LogP contribution in [0, 0.1) is 13.8 Å². The number of Topliss-reactive ketones (excluding diaryl/α,β-unsaturated/α-hetero) is 1. The molecule has 0 saturated carbocycles. The van der Waals surface area contributed by atoms with Gasteiger partial charge in [0.15, 0.2) is 5.78 Å². The molecule has 0 aliphatic rings. The molecular formula is C21H20O4. The SMILES string of the molecule is CC(=O)COc1ccc2c(C)c(Cc3ccccc3)c(=O)oc2c1C. The van der Waals surface area contributed by atoms with Crippen molar-refractivity contribution >= 4 is 16.8 Å². The van der Waals surface area contributed by atoms with E-state index in [1.807, 2.05) is 56.3 Å². The molecule has 0 atom stereocenters. The summed E-state index contributed by atoms with van der Waals surface area (Å²) in [6.07, 6.45) is 0.534. The summed E-state index contributed by atoms with van der Waals surface area (Å²) in [7, 11) is 0. The zero-order valence-corrected chi connectivity index (χ0v) is 14.6. The summed E-state index contributed by atoms with van der Waals surface area (Å²) in [5, 5.41) is 0.887. The van der Waals surface area contributed by atoms with E-state index in [0.717, 1.165) is 22.1 Å². The van der Waals surface area contributed by atoms with Crippen molar-refractivity contribution in [3.05, 3.63) is 75.1 Å². The van der Waals surface area contributed by atoms with E-state index in [0.29, 0.717) is 23.3 Å². The summed E-state index contributed by atoms with van der Waals surface area (Å²) >= 11 is 0. The van der Waals surface area contributed by atoms with Gasteiger partial charge in [-0.05, 0) is 44.0 Å². The molecule has 0 fully saturated rings. The van der Waals surface area contributed by atoms with Gasteiger partial charge in [0.1, 0.15) is 17.9 Å². The number of fused-ring (bicyclic) bond motifs is 1. The van der Waals surface area contributed by atoms with Gasteiger partial charge in [0.25, 0.3) is 0 Å². The van der Waals surface area contributed by atoms with E-state index in [9.17, 15) is 9.59 Å². The Hall–Kier alpha value is -2.88. The van der Waals surface area contributed by atoms with Crippen LogP contribution in [0.15, 0.2) is 51.7 Å². The average Bonchev–Trinajstić information content (AvgIpc) is 2.59. The molecular weight excluding hydrogens is 316 g/mol. The smallest absolute Gasteiger partial charge is 0.340 e. The van der Waals surface area contributed by atoms with Gasteiger partial charge in [-0.2, -0.15) is 0 Å². The Morgan fingerprint density at radius 2 is 1.76 bits per heavy atom. The number of hydrogen-bond acceptors (Lipinski definition) is 4. The van der Waals surface area contributed by atoms with E-state index < -0.39 is 0 Å². The first-order valence-electron chi connectivity index (χ1n) is 8.19. The molecule has 3 aromatic rings. The molecule has 0 saturated heterocycles. The molecule has 128 valence electrons. The van der Waals surface area contributed by atoms with Crippen LogP contribution in [0.3, 0.4) is 0 Å². The number of carbonyl (C=O) groups is 1. The van der Waals surface area contributed by atoms with Gasteiger partial charge >= 0.3 is 5.63 Å². The predicted molar refractivity (Wildman–Crippen MR) is 97.4 cm³/mol. The van der Waals surface area contributed by atoms with Gasteiger partial charge in [-0.3, -0.25) is 4.79 Å². The second kappa shape index (κ2) is 6.93. The van der Waals surface area contributed by atoms with Crippen LogP contribution in [0.2, 0.25) is 0 Å². The van der Waals surface area contributed by atoms with Crippen LogP contribution >= 0.6 is 0 Å². The molecule has 1 aromatic heterocycles. The molecule has 4 nitrogen and oxygen atoms in total. The van der Waals surface area contributed by atoms with Gasteiger partial charge in [0.05, 0.1) is 0 Å². The van der Waals surface area contributed by atoms with Crippen LogP contribution in [0.5, 0.6) is 5.75 Å². The highest BCUT2D eigenvalue weighted by Gasteiger charge is 2.15. The predicted octanol–water partition coefficient (Wildman–Crippen LogP) is 3.97. The molecule has 0 radical (unpaired) electrons. The van der Waals surface area contributed by atoms with E-state index in [-0.39, 0.29) is 18.0 Å². The summed E-state index contributed by atoms with van der Waals surface area (Å²) in [4.78, 5) is 23.6. The number of rotatable bonds is 5. The van der Waals surface area contributed by atoms with Gasteiger partial charge in [-0.25, -0.2) is 4.79 Å². The van der Waals surface area contributed by atoms with E-state index in [2.05, 4.69) is 0 Å². The molecule has 0 aliphatic heterocycles. The lowest BCUT2D eigenvalue weighted by molar-refractivity contribution is -0.118. The quantitative estimate of drug-likeness (QED) is 0.662. The Bertz CT molecular complexity index is 984. The second-order valence-corrected chi connectivity index (χ2v) is 6.21. The Kier molecular flexibility index (Phi) is 4.70. The number of hydrogen-bond donors (Lipinski definition) is 0. The summed E-state index contributed by atoms with van der Waals surface area (Å²) < 4.78 is 11.1. The molecule has 2 aromatic carbocycles. The van der Waals surface area contributed by atoms with Crippen molar-refractivity contribution in [2.45, 2.75) is 27.2 Å². The summed E-state index contributed by atoms with van der Waals surface area (Å²) in [6, 6.07) is 13.5. The van der Waals surface area contributed by atoms with Crippen LogP contribution in [0.4, 0.5) is 0 Å². The maximum absolute atomic E-state index is 12.5. The number of ether oxygens (including phenoxy) is 1. The Morgan fingerprint density at radius 3 is 2.44 bits per heavy atom. The fraction of sp³-hybridized carbons (Fsp3) is 0.238. The number of aryl methyl sites for hydroxylation is 2. The highest BCUT2D eigenvalue weighted by atomic mass is 16.5. The average molecular weight is 336 g/mol. The van der Waals surface area contributed by atoms with Gasteiger partial charge in [-0.15, -0.1) is 0 Å². The third-order valence-corrected chi connectivity index (χ3v) is 4.31. The molecule has 0 bridgehead atoms. The van der Waals surface area contributed by atoms with Crippen molar-refractivity contribution in [3.63, 3.8) is 0 Å². The van der Waals surface area contributed by atoms with Crippen molar-refractivity contribution in [2.24, 2.45) is 0 Å². The topological polar surface area (TPSA) is 56.5 Å². The van der Waals surface area contributed by atoms with E-state index in [1.165, 1.54) is 6.92 Å². The summed E-state index contributed by atoms with van der Waals surface area (Å²) in [6.45, 7) is 5.24. The Labute approximate surface area is 146 Å². The molecule has 0 spiro atoms. The molecule has 0 amide bonds. The summed E-state index contributed by atoms with van der Waals surface area (Å²) in [5.74, 6) is 0.497. The first-order valence-corrected chi connectivity index (χ1v) is 8.19. The largest absolute Gasteiger partial charge is 0.485 e. The minimum Gasteiger partial charge on any atom is -0.485 e. The van der Waals surface area contributed by atoms with Crippen LogP contribution in [-0.2, 0) is 11.2 Å². The van der Waals surface area contributed by atoms with Crippen LogP contribution in [0.1, 0.15) is 29.2 Å². The number of ketones is 1. The lowest BCUT2D eigenvalue weighted by Gasteiger charge is -2.12. The molecule has 0 aliphatic carbocycles. The summed E-state index contributed by atoms with van der Waals surface area (Å²) in [5.41, 5.74) is 3.55. The van der Waals surface area contributed by atoms with Crippen LogP contribution in [-0.4, -0.2) is 12.4 Å². The molecule has 1 heterocycles. The minimum atomic E-state index is -0.333. The maximum Gasteiger partial charge on any atom is 0.340 e. The van der Waals surface area contributed by atoms with E-state index in [4.69, 9.17) is 9.15 Å². The van der Waals surface area contributed by atoms with Crippen molar-refractivity contribution in [1.82, 2.24) is 0 Å². The molecule has 25 heavy (non-hydrogen) atoms. The number of carbonyl (C=O) groups excluding carboxylic acids is 1. The van der Waals surface area contributed by atoms with Crippen LogP contribution in [0.25, 0.3) is 11.0 Å². The molecule has 4 heteroatoms.